The number of aromatic carboxylic acids is 1. The van der Waals surface area contributed by atoms with Gasteiger partial charge in [0.25, 0.3) is 0 Å². The fourth-order valence-electron chi connectivity index (χ4n) is 1.21. The Hall–Kier alpha value is -2.04. The van der Waals surface area contributed by atoms with Gasteiger partial charge in [0.2, 0.25) is 0 Å². The number of nitrogens with one attached hydrogen (secondary N) is 1. The van der Waals surface area contributed by atoms with E-state index in [9.17, 15) is 9.59 Å². The monoisotopic (exact) mass is 223 g/mol. The molecule has 0 saturated carbocycles. The summed E-state index contributed by atoms with van der Waals surface area (Å²) in [4.78, 5) is 21.8. The molecule has 2 N–H and O–H groups in total. The predicted octanol–water partition coefficient (Wildman–Crippen LogP) is 2.26. The normalized spacial score (nSPS) is 9.62. The highest BCUT2D eigenvalue weighted by atomic mass is 16.5. The quantitative estimate of drug-likeness (QED) is 0.824. The average molecular weight is 223 g/mol. The van der Waals surface area contributed by atoms with Crippen molar-refractivity contribution >= 4 is 17.7 Å². The minimum Gasteiger partial charge on any atom is -0.478 e. The lowest BCUT2D eigenvalue weighted by molar-refractivity contribution is 0.0697. The summed E-state index contributed by atoms with van der Waals surface area (Å²) in [6.45, 7) is 3.71. The van der Waals surface area contributed by atoms with E-state index in [0.29, 0.717) is 11.3 Å². The largest absolute Gasteiger partial charge is 0.478 e. The number of carboxylic acid groups (broad SMARTS) is 1. The second-order valence-corrected chi connectivity index (χ2v) is 3.18. The number of ether oxygens (including phenoxy) is 1. The molecular formula is C11H13NO4. The van der Waals surface area contributed by atoms with Crippen LogP contribution in [-0.2, 0) is 4.74 Å². The molecule has 0 aliphatic rings. The van der Waals surface area contributed by atoms with Crippen LogP contribution in [0.4, 0.5) is 10.5 Å². The first-order valence-corrected chi connectivity index (χ1v) is 4.82. The second kappa shape index (κ2) is 5.16. The van der Waals surface area contributed by atoms with Crippen LogP contribution in [-0.4, -0.2) is 23.8 Å². The van der Waals surface area contributed by atoms with Crippen LogP contribution in [0.3, 0.4) is 0 Å². The number of hydrogen-bond donors (Lipinski definition) is 2. The van der Waals surface area contributed by atoms with Gasteiger partial charge in [0.1, 0.15) is 0 Å². The molecule has 0 atom stereocenters. The summed E-state index contributed by atoms with van der Waals surface area (Å²) < 4.78 is 4.71. The molecule has 1 aromatic carbocycles. The fourth-order valence-corrected chi connectivity index (χ4v) is 1.21. The highest BCUT2D eigenvalue weighted by molar-refractivity contribution is 5.90. The van der Waals surface area contributed by atoms with Crippen molar-refractivity contribution in [3.05, 3.63) is 29.3 Å². The summed E-state index contributed by atoms with van der Waals surface area (Å²) in [7, 11) is 0. The van der Waals surface area contributed by atoms with Gasteiger partial charge in [0.15, 0.2) is 0 Å². The molecule has 0 saturated heterocycles. The van der Waals surface area contributed by atoms with Crippen molar-refractivity contribution in [3.63, 3.8) is 0 Å². The van der Waals surface area contributed by atoms with E-state index in [4.69, 9.17) is 9.84 Å². The van der Waals surface area contributed by atoms with E-state index in [0.717, 1.165) is 0 Å². The molecule has 0 aliphatic carbocycles. The maximum atomic E-state index is 11.1. The van der Waals surface area contributed by atoms with Crippen LogP contribution < -0.4 is 5.32 Å². The molecule has 0 bridgehead atoms. The van der Waals surface area contributed by atoms with E-state index in [2.05, 4.69) is 5.32 Å². The van der Waals surface area contributed by atoms with E-state index in [1.165, 1.54) is 18.2 Å². The first-order chi connectivity index (χ1) is 7.54. The van der Waals surface area contributed by atoms with Crippen molar-refractivity contribution < 1.29 is 19.4 Å². The van der Waals surface area contributed by atoms with Crippen LogP contribution in [0.5, 0.6) is 0 Å². The van der Waals surface area contributed by atoms with Crippen molar-refractivity contribution in [3.8, 4) is 0 Å². The summed E-state index contributed by atoms with van der Waals surface area (Å²) in [6, 6.07) is 4.45. The number of carbonyl (C=O) groups is 2. The molecule has 0 spiro atoms. The molecule has 0 aromatic heterocycles. The van der Waals surface area contributed by atoms with Crippen LogP contribution in [0.25, 0.3) is 0 Å². The molecule has 5 nitrogen and oxygen atoms in total. The molecule has 1 rings (SSSR count). The molecule has 86 valence electrons. The number of aryl methyl sites for hydroxylation is 1. The zero-order valence-electron chi connectivity index (χ0n) is 9.11. The van der Waals surface area contributed by atoms with Gasteiger partial charge < -0.3 is 9.84 Å². The van der Waals surface area contributed by atoms with Gasteiger partial charge in [-0.25, -0.2) is 9.59 Å². The topological polar surface area (TPSA) is 75.6 Å². The van der Waals surface area contributed by atoms with Gasteiger partial charge in [-0.1, -0.05) is 0 Å². The van der Waals surface area contributed by atoms with E-state index in [-0.39, 0.29) is 12.2 Å². The van der Waals surface area contributed by atoms with Gasteiger partial charge in [-0.3, -0.25) is 5.32 Å². The van der Waals surface area contributed by atoms with Crippen LogP contribution in [0.1, 0.15) is 22.8 Å². The lowest BCUT2D eigenvalue weighted by Gasteiger charge is -2.08. The Morgan fingerprint density at radius 1 is 1.44 bits per heavy atom. The third-order valence-electron chi connectivity index (χ3n) is 1.99. The van der Waals surface area contributed by atoms with Crippen LogP contribution >= 0.6 is 0 Å². The minimum atomic E-state index is -0.995. The van der Waals surface area contributed by atoms with E-state index >= 15 is 0 Å². The number of carboxylic acids is 1. The Morgan fingerprint density at radius 3 is 2.62 bits per heavy atom. The van der Waals surface area contributed by atoms with Crippen molar-refractivity contribution in [2.75, 3.05) is 11.9 Å². The number of anilines is 1. The Balaban J connectivity index is 2.83. The molecule has 0 aliphatic heterocycles. The smallest absolute Gasteiger partial charge is 0.411 e. The van der Waals surface area contributed by atoms with Crippen LogP contribution in [0, 0.1) is 6.92 Å². The van der Waals surface area contributed by atoms with Gasteiger partial charge in [-0.2, -0.15) is 0 Å². The molecule has 0 radical (unpaired) electrons. The minimum absolute atomic E-state index is 0.187. The third kappa shape index (κ3) is 2.98. The number of benzene rings is 1. The fraction of sp³-hybridized carbons (Fsp3) is 0.273. The van der Waals surface area contributed by atoms with Crippen molar-refractivity contribution in [2.45, 2.75) is 13.8 Å². The van der Waals surface area contributed by atoms with E-state index in [1.807, 2.05) is 0 Å². The maximum absolute atomic E-state index is 11.1. The Bertz CT molecular complexity index is 414. The molecular weight excluding hydrogens is 210 g/mol. The Labute approximate surface area is 93.0 Å². The summed E-state index contributed by atoms with van der Waals surface area (Å²) in [5.74, 6) is -0.995. The Morgan fingerprint density at radius 2 is 2.12 bits per heavy atom. The van der Waals surface area contributed by atoms with Gasteiger partial charge in [0.05, 0.1) is 12.2 Å². The highest BCUT2D eigenvalue weighted by Gasteiger charge is 2.08. The zero-order chi connectivity index (χ0) is 12.1. The summed E-state index contributed by atoms with van der Waals surface area (Å²) >= 11 is 0. The average Bonchev–Trinajstić information content (AvgIpc) is 2.21. The molecule has 1 amide bonds. The Kier molecular flexibility index (Phi) is 3.88. The molecule has 5 heteroatoms. The number of hydrogen-bond acceptors (Lipinski definition) is 3. The lowest BCUT2D eigenvalue weighted by atomic mass is 10.1. The molecule has 16 heavy (non-hydrogen) atoms. The number of amides is 1. The summed E-state index contributed by atoms with van der Waals surface area (Å²) in [5.41, 5.74) is 1.41. The molecule has 0 unspecified atom stereocenters. The van der Waals surface area contributed by atoms with Crippen LogP contribution in [0.15, 0.2) is 18.2 Å². The highest BCUT2D eigenvalue weighted by Crippen LogP contribution is 2.16. The van der Waals surface area contributed by atoms with Gasteiger partial charge in [-0.05, 0) is 37.6 Å². The van der Waals surface area contributed by atoms with Crippen LogP contribution in [0.2, 0.25) is 0 Å². The standard InChI is InChI=1S/C11H13NO4/c1-3-16-11(15)12-9-5-4-8(10(13)14)6-7(9)2/h4-6H,3H2,1-2H3,(H,12,15)(H,13,14). The number of rotatable bonds is 3. The summed E-state index contributed by atoms with van der Waals surface area (Å²) in [6.07, 6.45) is -0.548. The predicted molar refractivity (Wildman–Crippen MR) is 58.8 cm³/mol. The molecule has 0 fully saturated rings. The van der Waals surface area contributed by atoms with Crippen molar-refractivity contribution in [2.24, 2.45) is 0 Å². The zero-order valence-corrected chi connectivity index (χ0v) is 9.11. The third-order valence-corrected chi connectivity index (χ3v) is 1.99. The van der Waals surface area contributed by atoms with Gasteiger partial charge in [-0.15, -0.1) is 0 Å². The van der Waals surface area contributed by atoms with Gasteiger partial charge >= 0.3 is 12.1 Å². The van der Waals surface area contributed by atoms with Crippen molar-refractivity contribution in [1.82, 2.24) is 0 Å². The maximum Gasteiger partial charge on any atom is 0.411 e. The SMILES string of the molecule is CCOC(=O)Nc1ccc(C(=O)O)cc1C. The first-order valence-electron chi connectivity index (χ1n) is 4.82. The van der Waals surface area contributed by atoms with E-state index in [1.54, 1.807) is 13.8 Å². The second-order valence-electron chi connectivity index (χ2n) is 3.18. The van der Waals surface area contributed by atoms with E-state index < -0.39 is 12.1 Å². The first kappa shape index (κ1) is 12.0. The molecule has 1 aromatic rings. The van der Waals surface area contributed by atoms with Crippen molar-refractivity contribution in [1.29, 1.82) is 0 Å². The van der Waals surface area contributed by atoms with Gasteiger partial charge in [0, 0.05) is 5.69 Å². The lowest BCUT2D eigenvalue weighted by Crippen LogP contribution is -2.14. The summed E-state index contributed by atoms with van der Waals surface area (Å²) in [5, 5.41) is 11.3. The molecule has 0 heterocycles. The number of carbonyl (C=O) groups excluding carboxylic acids is 1.